The second kappa shape index (κ2) is 5.81. The summed E-state index contributed by atoms with van der Waals surface area (Å²) in [6, 6.07) is 2.95. The lowest BCUT2D eigenvalue weighted by Gasteiger charge is -2.23. The first-order valence-corrected chi connectivity index (χ1v) is 8.22. The Morgan fingerprint density at radius 3 is 2.86 bits per heavy atom. The molecule has 1 aliphatic heterocycles. The van der Waals surface area contributed by atoms with Crippen molar-refractivity contribution in [2.24, 2.45) is 11.8 Å². The second-order valence-electron chi connectivity index (χ2n) is 5.60. The lowest BCUT2D eigenvalue weighted by molar-refractivity contribution is -0.148. The summed E-state index contributed by atoms with van der Waals surface area (Å²) in [5.41, 5.74) is 0. The van der Waals surface area contributed by atoms with Gasteiger partial charge in [-0.15, -0.1) is 11.3 Å². The maximum absolute atomic E-state index is 12.3. The first-order chi connectivity index (χ1) is 10.1. The molecule has 0 spiro atoms. The van der Waals surface area contributed by atoms with E-state index in [0.29, 0.717) is 16.8 Å². The maximum Gasteiger partial charge on any atom is 0.326 e. The fourth-order valence-electron chi connectivity index (χ4n) is 3.52. The summed E-state index contributed by atoms with van der Waals surface area (Å²) in [7, 11) is 0. The second-order valence-corrected chi connectivity index (χ2v) is 7.35. The van der Waals surface area contributed by atoms with E-state index in [1.54, 1.807) is 12.1 Å². The number of carbonyl (C=O) groups excluding carboxylic acids is 1. The van der Waals surface area contributed by atoms with Gasteiger partial charge in [-0.05, 0) is 42.9 Å². The molecule has 3 rings (SSSR count). The van der Waals surface area contributed by atoms with Gasteiger partial charge in [0, 0.05) is 17.5 Å². The highest BCUT2D eigenvalue weighted by atomic mass is 35.5. The van der Waals surface area contributed by atoms with Gasteiger partial charge in [0.25, 0.3) is 0 Å². The maximum atomic E-state index is 12.3. The highest BCUT2D eigenvalue weighted by molar-refractivity contribution is 7.17. The fourth-order valence-corrected chi connectivity index (χ4v) is 4.48. The van der Waals surface area contributed by atoms with E-state index in [-0.39, 0.29) is 11.8 Å². The van der Waals surface area contributed by atoms with E-state index in [2.05, 4.69) is 0 Å². The standard InChI is InChI=1S/C15H16ClNO3S/c16-12-6-4-10(21-12)5-7-13(18)17-8-9-2-1-3-11(9)14(17)15(19)20/h4-7,9,11,14H,1-3,8H2,(H,19,20)/b7-5+. The number of rotatable bonds is 3. The van der Waals surface area contributed by atoms with Crippen molar-refractivity contribution in [2.75, 3.05) is 6.54 Å². The summed E-state index contributed by atoms with van der Waals surface area (Å²) in [6.07, 6.45) is 6.17. The highest BCUT2D eigenvalue weighted by Crippen LogP contribution is 2.42. The normalized spacial score (nSPS) is 28.2. The largest absolute Gasteiger partial charge is 0.480 e. The number of hydrogen-bond donors (Lipinski definition) is 1. The van der Waals surface area contributed by atoms with Gasteiger partial charge in [-0.1, -0.05) is 18.0 Å². The number of fused-ring (bicyclic) bond motifs is 1. The number of halogens is 1. The predicted molar refractivity (Wildman–Crippen MR) is 82.3 cm³/mol. The summed E-state index contributed by atoms with van der Waals surface area (Å²) in [6.45, 7) is 0.565. The van der Waals surface area contributed by atoms with Crippen LogP contribution < -0.4 is 0 Å². The average Bonchev–Trinajstić information content (AvgIpc) is 3.09. The van der Waals surface area contributed by atoms with Gasteiger partial charge in [0.15, 0.2) is 0 Å². The fraction of sp³-hybridized carbons (Fsp3) is 0.467. The van der Waals surface area contributed by atoms with Crippen LogP contribution in [0.1, 0.15) is 24.1 Å². The van der Waals surface area contributed by atoms with Gasteiger partial charge in [0.1, 0.15) is 6.04 Å². The number of carboxylic acids is 1. The summed E-state index contributed by atoms with van der Waals surface area (Å²) in [5.74, 6) is -0.637. The Hall–Kier alpha value is -1.33. The number of thiophene rings is 1. The lowest BCUT2D eigenvalue weighted by atomic mass is 9.94. The minimum absolute atomic E-state index is 0.121. The molecule has 1 aromatic heterocycles. The number of carboxylic acid groups (broad SMARTS) is 1. The van der Waals surface area contributed by atoms with Crippen molar-refractivity contribution in [3.63, 3.8) is 0 Å². The monoisotopic (exact) mass is 325 g/mol. The Labute approximate surface area is 132 Å². The predicted octanol–water partition coefficient (Wildman–Crippen LogP) is 3.13. The summed E-state index contributed by atoms with van der Waals surface area (Å²) in [5, 5.41) is 9.43. The van der Waals surface area contributed by atoms with Gasteiger partial charge < -0.3 is 10.0 Å². The molecule has 1 amide bonds. The van der Waals surface area contributed by atoms with Crippen molar-refractivity contribution in [3.8, 4) is 0 Å². The van der Waals surface area contributed by atoms with Crippen molar-refractivity contribution in [3.05, 3.63) is 27.4 Å². The van der Waals surface area contributed by atoms with E-state index in [4.69, 9.17) is 11.6 Å². The van der Waals surface area contributed by atoms with Crippen LogP contribution in [0, 0.1) is 11.8 Å². The zero-order valence-corrected chi connectivity index (χ0v) is 12.9. The van der Waals surface area contributed by atoms with Crippen LogP contribution in [0.5, 0.6) is 0 Å². The third-order valence-electron chi connectivity index (χ3n) is 4.41. The molecule has 21 heavy (non-hydrogen) atoms. The third kappa shape index (κ3) is 2.85. The Bertz CT molecular complexity index is 597. The molecule has 2 fully saturated rings. The Kier molecular flexibility index (Phi) is 4.04. The van der Waals surface area contributed by atoms with E-state index in [1.165, 1.54) is 22.3 Å². The van der Waals surface area contributed by atoms with E-state index >= 15 is 0 Å². The van der Waals surface area contributed by atoms with Crippen LogP contribution in [0.2, 0.25) is 4.34 Å². The molecule has 2 aliphatic rings. The SMILES string of the molecule is O=C(O)C1C2CCCC2CN1C(=O)/C=C/c1ccc(Cl)s1. The van der Waals surface area contributed by atoms with E-state index < -0.39 is 12.0 Å². The van der Waals surface area contributed by atoms with Gasteiger partial charge >= 0.3 is 5.97 Å². The van der Waals surface area contributed by atoms with Gasteiger partial charge in [0.2, 0.25) is 5.91 Å². The van der Waals surface area contributed by atoms with Crippen molar-refractivity contribution in [1.82, 2.24) is 4.90 Å². The van der Waals surface area contributed by atoms with Crippen molar-refractivity contribution >= 4 is 40.9 Å². The molecule has 3 atom stereocenters. The van der Waals surface area contributed by atoms with Crippen LogP contribution in [0.15, 0.2) is 18.2 Å². The molecular weight excluding hydrogens is 310 g/mol. The van der Waals surface area contributed by atoms with Crippen LogP contribution >= 0.6 is 22.9 Å². The first kappa shape index (κ1) is 14.6. The van der Waals surface area contributed by atoms with Crippen molar-refractivity contribution in [1.29, 1.82) is 0 Å². The Morgan fingerprint density at radius 2 is 2.19 bits per heavy atom. The van der Waals surface area contributed by atoms with Crippen LogP contribution in [-0.2, 0) is 9.59 Å². The molecule has 0 aromatic carbocycles. The summed E-state index contributed by atoms with van der Waals surface area (Å²) in [4.78, 5) is 26.2. The smallest absolute Gasteiger partial charge is 0.326 e. The van der Waals surface area contributed by atoms with E-state index in [1.807, 2.05) is 6.07 Å². The van der Waals surface area contributed by atoms with E-state index in [9.17, 15) is 14.7 Å². The third-order valence-corrected chi connectivity index (χ3v) is 5.61. The average molecular weight is 326 g/mol. The van der Waals surface area contributed by atoms with Crippen LogP contribution in [0.4, 0.5) is 0 Å². The quantitative estimate of drug-likeness (QED) is 0.869. The highest BCUT2D eigenvalue weighted by Gasteiger charge is 2.48. The zero-order chi connectivity index (χ0) is 15.0. The van der Waals surface area contributed by atoms with Crippen LogP contribution in [0.25, 0.3) is 6.08 Å². The van der Waals surface area contributed by atoms with Gasteiger partial charge in [-0.25, -0.2) is 4.79 Å². The number of nitrogens with zero attached hydrogens (tertiary/aromatic N) is 1. The number of likely N-dealkylation sites (tertiary alicyclic amines) is 1. The van der Waals surface area contributed by atoms with Gasteiger partial charge in [-0.3, -0.25) is 4.79 Å². The zero-order valence-electron chi connectivity index (χ0n) is 11.4. The first-order valence-electron chi connectivity index (χ1n) is 7.03. The number of carbonyl (C=O) groups is 2. The van der Waals surface area contributed by atoms with Crippen molar-refractivity contribution < 1.29 is 14.7 Å². The molecule has 4 nitrogen and oxygen atoms in total. The molecule has 112 valence electrons. The molecular formula is C15H16ClNO3S. The lowest BCUT2D eigenvalue weighted by Crippen LogP contribution is -2.42. The molecule has 1 saturated heterocycles. The van der Waals surface area contributed by atoms with Gasteiger partial charge in [-0.2, -0.15) is 0 Å². The molecule has 1 aliphatic carbocycles. The molecule has 6 heteroatoms. The van der Waals surface area contributed by atoms with E-state index in [0.717, 1.165) is 24.1 Å². The van der Waals surface area contributed by atoms with Crippen LogP contribution in [0.3, 0.4) is 0 Å². The number of hydrogen-bond acceptors (Lipinski definition) is 3. The van der Waals surface area contributed by atoms with Gasteiger partial charge in [0.05, 0.1) is 4.34 Å². The number of amides is 1. The molecule has 1 N–H and O–H groups in total. The molecule has 0 bridgehead atoms. The van der Waals surface area contributed by atoms with Crippen LogP contribution in [-0.4, -0.2) is 34.5 Å². The number of aliphatic carboxylic acids is 1. The minimum atomic E-state index is -0.884. The summed E-state index contributed by atoms with van der Waals surface area (Å²) < 4.78 is 0.668. The Balaban J connectivity index is 1.74. The van der Waals surface area contributed by atoms with Crippen molar-refractivity contribution in [2.45, 2.75) is 25.3 Å². The molecule has 0 radical (unpaired) electrons. The summed E-state index contributed by atoms with van der Waals surface area (Å²) >= 11 is 7.23. The molecule has 1 aromatic rings. The Morgan fingerprint density at radius 1 is 1.38 bits per heavy atom. The molecule has 3 unspecified atom stereocenters. The minimum Gasteiger partial charge on any atom is -0.480 e. The molecule has 1 saturated carbocycles. The molecule has 2 heterocycles. The topological polar surface area (TPSA) is 57.6 Å².